The standard InChI is InChI=1S/C19H20F2N4O2/c1-11-4-16(27-24-11)10-25-9-14(21)7-15(25)8-22-19(26)18-6-12-5-13(20)2-3-17(12)23-18/h2-6,14-15,23H,7-10H2,1H3,(H,22,26)/t14-,15-/m0/s1. The number of aromatic amines is 1. The number of rotatable bonds is 5. The molecule has 1 aliphatic rings. The fourth-order valence-electron chi connectivity index (χ4n) is 3.55. The highest BCUT2D eigenvalue weighted by molar-refractivity contribution is 5.98. The third-order valence-corrected chi connectivity index (χ3v) is 4.84. The predicted molar refractivity (Wildman–Crippen MR) is 95.5 cm³/mol. The number of aryl methyl sites for hydroxylation is 1. The molecule has 0 aliphatic carbocycles. The van der Waals surface area contributed by atoms with Crippen molar-refractivity contribution in [2.45, 2.75) is 32.1 Å². The summed E-state index contributed by atoms with van der Waals surface area (Å²) in [5, 5.41) is 7.32. The van der Waals surface area contributed by atoms with E-state index >= 15 is 0 Å². The number of carbonyl (C=O) groups is 1. The van der Waals surface area contributed by atoms with Crippen molar-refractivity contribution in [3.8, 4) is 0 Å². The quantitative estimate of drug-likeness (QED) is 0.720. The molecule has 27 heavy (non-hydrogen) atoms. The molecule has 1 amide bonds. The van der Waals surface area contributed by atoms with Crippen LogP contribution in [0.15, 0.2) is 34.9 Å². The molecule has 3 heterocycles. The van der Waals surface area contributed by atoms with Crippen LogP contribution in [0.2, 0.25) is 0 Å². The highest BCUT2D eigenvalue weighted by Crippen LogP contribution is 2.23. The Hall–Kier alpha value is -2.74. The molecule has 2 aromatic heterocycles. The minimum Gasteiger partial charge on any atom is -0.360 e. The molecule has 0 saturated carbocycles. The number of halogens is 2. The highest BCUT2D eigenvalue weighted by atomic mass is 19.1. The number of carbonyl (C=O) groups excluding carboxylic acids is 1. The summed E-state index contributed by atoms with van der Waals surface area (Å²) in [5.74, 6) is 0.0200. The monoisotopic (exact) mass is 374 g/mol. The number of amides is 1. The third-order valence-electron chi connectivity index (χ3n) is 4.84. The van der Waals surface area contributed by atoms with Gasteiger partial charge in [-0.05, 0) is 37.6 Å². The van der Waals surface area contributed by atoms with E-state index in [0.29, 0.717) is 48.4 Å². The van der Waals surface area contributed by atoms with Gasteiger partial charge in [-0.3, -0.25) is 9.69 Å². The summed E-state index contributed by atoms with van der Waals surface area (Å²) in [4.78, 5) is 17.3. The van der Waals surface area contributed by atoms with Crippen LogP contribution >= 0.6 is 0 Å². The summed E-state index contributed by atoms with van der Waals surface area (Å²) in [6.07, 6.45) is -0.585. The lowest BCUT2D eigenvalue weighted by atomic mass is 10.2. The minimum absolute atomic E-state index is 0.129. The van der Waals surface area contributed by atoms with Crippen molar-refractivity contribution in [1.82, 2.24) is 20.4 Å². The molecule has 4 rings (SSSR count). The molecule has 6 nitrogen and oxygen atoms in total. The van der Waals surface area contributed by atoms with E-state index in [0.717, 1.165) is 5.69 Å². The van der Waals surface area contributed by atoms with Gasteiger partial charge in [0.15, 0.2) is 5.76 Å². The molecular formula is C19H20F2N4O2. The summed E-state index contributed by atoms with van der Waals surface area (Å²) in [7, 11) is 0. The Bertz CT molecular complexity index is 968. The first-order valence-corrected chi connectivity index (χ1v) is 8.85. The molecule has 0 spiro atoms. The molecule has 1 aromatic carbocycles. The zero-order valence-corrected chi connectivity index (χ0v) is 14.8. The molecule has 0 unspecified atom stereocenters. The molecule has 8 heteroatoms. The Labute approximate surface area is 154 Å². The van der Waals surface area contributed by atoms with Crippen molar-refractivity contribution in [3.05, 3.63) is 53.3 Å². The summed E-state index contributed by atoms with van der Waals surface area (Å²) < 4.78 is 32.4. The molecule has 1 saturated heterocycles. The van der Waals surface area contributed by atoms with Gasteiger partial charge < -0.3 is 14.8 Å². The number of benzene rings is 1. The van der Waals surface area contributed by atoms with Gasteiger partial charge in [-0.1, -0.05) is 5.16 Å². The Morgan fingerprint density at radius 3 is 3.04 bits per heavy atom. The number of likely N-dealkylation sites (tertiary alicyclic amines) is 1. The number of alkyl halides is 1. The van der Waals surface area contributed by atoms with Gasteiger partial charge in [0.25, 0.3) is 5.91 Å². The topological polar surface area (TPSA) is 74.2 Å². The number of H-pyrrole nitrogens is 1. The molecule has 0 radical (unpaired) electrons. The Morgan fingerprint density at radius 1 is 1.41 bits per heavy atom. The zero-order chi connectivity index (χ0) is 19.0. The van der Waals surface area contributed by atoms with Gasteiger partial charge in [0.05, 0.1) is 12.2 Å². The van der Waals surface area contributed by atoms with E-state index in [1.807, 2.05) is 17.9 Å². The van der Waals surface area contributed by atoms with Gasteiger partial charge in [-0.15, -0.1) is 0 Å². The maximum Gasteiger partial charge on any atom is 0.267 e. The largest absolute Gasteiger partial charge is 0.360 e. The third kappa shape index (κ3) is 3.85. The van der Waals surface area contributed by atoms with Gasteiger partial charge >= 0.3 is 0 Å². The Balaban J connectivity index is 1.40. The van der Waals surface area contributed by atoms with E-state index in [9.17, 15) is 13.6 Å². The maximum absolute atomic E-state index is 13.9. The fourth-order valence-corrected chi connectivity index (χ4v) is 3.55. The van der Waals surface area contributed by atoms with E-state index in [4.69, 9.17) is 4.52 Å². The van der Waals surface area contributed by atoms with Crippen LogP contribution in [0.3, 0.4) is 0 Å². The van der Waals surface area contributed by atoms with Crippen molar-refractivity contribution in [1.29, 1.82) is 0 Å². The van der Waals surface area contributed by atoms with Crippen molar-refractivity contribution in [3.63, 3.8) is 0 Å². The van der Waals surface area contributed by atoms with Gasteiger partial charge in [-0.2, -0.15) is 0 Å². The van der Waals surface area contributed by atoms with Gasteiger partial charge in [0.1, 0.15) is 17.7 Å². The SMILES string of the molecule is Cc1cc(CN2C[C@@H](F)C[C@H]2CNC(=O)c2cc3cc(F)ccc3[nH]2)on1. The average Bonchev–Trinajstić information content (AvgIpc) is 3.31. The van der Waals surface area contributed by atoms with E-state index in [2.05, 4.69) is 15.5 Å². The molecule has 2 atom stereocenters. The first-order valence-electron chi connectivity index (χ1n) is 8.85. The van der Waals surface area contributed by atoms with E-state index in [1.165, 1.54) is 12.1 Å². The second-order valence-electron chi connectivity index (χ2n) is 6.98. The van der Waals surface area contributed by atoms with Crippen LogP contribution in [0.25, 0.3) is 10.9 Å². The Kier molecular flexibility index (Phi) is 4.65. The zero-order valence-electron chi connectivity index (χ0n) is 14.8. The summed E-state index contributed by atoms with van der Waals surface area (Å²) in [5.41, 5.74) is 1.82. The predicted octanol–water partition coefficient (Wildman–Crippen LogP) is 2.95. The second kappa shape index (κ2) is 7.11. The molecule has 1 aliphatic heterocycles. The van der Waals surface area contributed by atoms with Gasteiger partial charge in [0.2, 0.25) is 0 Å². The number of hydrogen-bond acceptors (Lipinski definition) is 4. The smallest absolute Gasteiger partial charge is 0.267 e. The van der Waals surface area contributed by atoms with Crippen LogP contribution < -0.4 is 5.32 Å². The number of aromatic nitrogens is 2. The van der Waals surface area contributed by atoms with E-state index in [-0.39, 0.29) is 17.8 Å². The van der Waals surface area contributed by atoms with Crippen LogP contribution in [-0.2, 0) is 6.54 Å². The second-order valence-corrected chi connectivity index (χ2v) is 6.98. The number of fused-ring (bicyclic) bond motifs is 1. The van der Waals surface area contributed by atoms with Crippen molar-refractivity contribution >= 4 is 16.8 Å². The van der Waals surface area contributed by atoms with E-state index < -0.39 is 6.17 Å². The summed E-state index contributed by atoms with van der Waals surface area (Å²) in [6.45, 7) is 2.90. The van der Waals surface area contributed by atoms with Crippen LogP contribution in [0, 0.1) is 12.7 Å². The molecule has 0 bridgehead atoms. The first kappa shape index (κ1) is 17.7. The van der Waals surface area contributed by atoms with Gasteiger partial charge in [-0.25, -0.2) is 8.78 Å². The van der Waals surface area contributed by atoms with Crippen LogP contribution in [0.5, 0.6) is 0 Å². The summed E-state index contributed by atoms with van der Waals surface area (Å²) >= 11 is 0. The lowest BCUT2D eigenvalue weighted by Crippen LogP contribution is -2.39. The Morgan fingerprint density at radius 2 is 2.26 bits per heavy atom. The van der Waals surface area contributed by atoms with Crippen LogP contribution in [-0.4, -0.2) is 46.3 Å². The average molecular weight is 374 g/mol. The minimum atomic E-state index is -0.938. The van der Waals surface area contributed by atoms with Crippen molar-refractivity contribution in [2.75, 3.05) is 13.1 Å². The highest BCUT2D eigenvalue weighted by Gasteiger charge is 2.33. The molecular weight excluding hydrogens is 354 g/mol. The van der Waals surface area contributed by atoms with Crippen molar-refractivity contribution < 1.29 is 18.1 Å². The fraction of sp³-hybridized carbons (Fsp3) is 0.368. The summed E-state index contributed by atoms with van der Waals surface area (Å²) in [6, 6.07) is 7.60. The maximum atomic E-state index is 13.9. The molecule has 1 fully saturated rings. The lowest BCUT2D eigenvalue weighted by molar-refractivity contribution is 0.0934. The molecule has 3 aromatic rings. The van der Waals surface area contributed by atoms with Gasteiger partial charge in [0, 0.05) is 36.1 Å². The normalized spacial score (nSPS) is 20.4. The van der Waals surface area contributed by atoms with Crippen LogP contribution in [0.1, 0.15) is 28.4 Å². The number of nitrogens with one attached hydrogen (secondary N) is 2. The molecule has 142 valence electrons. The lowest BCUT2D eigenvalue weighted by Gasteiger charge is -2.22. The first-order chi connectivity index (χ1) is 13.0. The van der Waals surface area contributed by atoms with Crippen LogP contribution in [0.4, 0.5) is 8.78 Å². The number of nitrogens with zero attached hydrogens (tertiary/aromatic N) is 2. The molecule has 2 N–H and O–H groups in total. The van der Waals surface area contributed by atoms with E-state index in [1.54, 1.807) is 12.1 Å². The van der Waals surface area contributed by atoms with Crippen molar-refractivity contribution in [2.24, 2.45) is 0 Å². The number of hydrogen-bond donors (Lipinski definition) is 2.